The van der Waals surface area contributed by atoms with Crippen LogP contribution in [0.4, 0.5) is 0 Å². The molecule has 1 aliphatic carbocycles. The van der Waals surface area contributed by atoms with Crippen LogP contribution in [0.2, 0.25) is 0 Å². The van der Waals surface area contributed by atoms with E-state index in [2.05, 4.69) is 0 Å². The molecule has 1 saturated carbocycles. The second-order valence-electron chi connectivity index (χ2n) is 4.96. The van der Waals surface area contributed by atoms with E-state index in [0.29, 0.717) is 12.3 Å². The van der Waals surface area contributed by atoms with Crippen molar-refractivity contribution < 1.29 is 19.8 Å². The van der Waals surface area contributed by atoms with E-state index in [1.54, 1.807) is 0 Å². The molecule has 1 fully saturated rings. The minimum Gasteiger partial charge on any atom is -0.481 e. The molecule has 1 rings (SSSR count). The van der Waals surface area contributed by atoms with Gasteiger partial charge in [-0.3, -0.25) is 9.59 Å². The smallest absolute Gasteiger partial charge is 0.305 e. The Labute approximate surface area is 108 Å². The van der Waals surface area contributed by atoms with Crippen molar-refractivity contribution in [3.05, 3.63) is 0 Å². The third-order valence-electron chi connectivity index (χ3n) is 3.51. The Morgan fingerprint density at radius 1 is 1.11 bits per heavy atom. The Hall–Kier alpha value is -1.10. The number of hydrogen-bond acceptors (Lipinski definition) is 3. The van der Waals surface area contributed by atoms with Crippen molar-refractivity contribution in [3.8, 4) is 0 Å². The number of carbonyl (C=O) groups excluding carboxylic acids is 1. The zero-order valence-electron chi connectivity index (χ0n) is 10.8. The highest BCUT2D eigenvalue weighted by Gasteiger charge is 2.21. The van der Waals surface area contributed by atoms with E-state index < -0.39 is 5.97 Å². The van der Waals surface area contributed by atoms with Crippen LogP contribution in [0.1, 0.15) is 44.9 Å². The van der Waals surface area contributed by atoms with Gasteiger partial charge in [0.25, 0.3) is 0 Å². The average molecular weight is 257 g/mol. The molecular weight excluding hydrogens is 234 g/mol. The quantitative estimate of drug-likeness (QED) is 0.719. The minimum absolute atomic E-state index is 0.0165. The summed E-state index contributed by atoms with van der Waals surface area (Å²) in [4.78, 5) is 24.0. The summed E-state index contributed by atoms with van der Waals surface area (Å²) < 4.78 is 0. The van der Waals surface area contributed by atoms with Crippen LogP contribution in [-0.2, 0) is 9.59 Å². The fourth-order valence-corrected chi connectivity index (χ4v) is 2.48. The van der Waals surface area contributed by atoms with Crippen molar-refractivity contribution in [2.24, 2.45) is 5.92 Å². The molecule has 0 aromatic carbocycles. The highest BCUT2D eigenvalue weighted by molar-refractivity contribution is 5.77. The molecule has 18 heavy (non-hydrogen) atoms. The van der Waals surface area contributed by atoms with Crippen LogP contribution in [0, 0.1) is 5.92 Å². The number of carboxylic acid groups (broad SMARTS) is 1. The lowest BCUT2D eigenvalue weighted by Gasteiger charge is -2.26. The average Bonchev–Trinajstić information content (AvgIpc) is 2.35. The Balaban J connectivity index is 2.39. The number of nitrogens with zero attached hydrogens (tertiary/aromatic N) is 1. The molecule has 5 nitrogen and oxygen atoms in total. The molecule has 0 spiro atoms. The molecule has 0 aliphatic heterocycles. The van der Waals surface area contributed by atoms with Gasteiger partial charge in [-0.05, 0) is 18.8 Å². The summed E-state index contributed by atoms with van der Waals surface area (Å²) in [5.41, 5.74) is 0. The number of carbonyl (C=O) groups is 2. The van der Waals surface area contributed by atoms with Crippen molar-refractivity contribution in [3.63, 3.8) is 0 Å². The number of aliphatic carboxylic acids is 1. The predicted octanol–water partition coefficient (Wildman–Crippen LogP) is 1.25. The van der Waals surface area contributed by atoms with Crippen molar-refractivity contribution in [2.75, 3.05) is 19.7 Å². The summed E-state index contributed by atoms with van der Waals surface area (Å²) in [7, 11) is 0. The molecule has 1 aliphatic rings. The predicted molar refractivity (Wildman–Crippen MR) is 67.1 cm³/mol. The molecule has 0 radical (unpaired) electrons. The number of amides is 1. The van der Waals surface area contributed by atoms with E-state index in [0.717, 1.165) is 12.8 Å². The zero-order chi connectivity index (χ0) is 13.4. The zero-order valence-corrected chi connectivity index (χ0v) is 10.8. The van der Waals surface area contributed by atoms with Crippen LogP contribution in [0.25, 0.3) is 0 Å². The van der Waals surface area contributed by atoms with Crippen LogP contribution in [-0.4, -0.2) is 46.7 Å². The number of carboxylic acids is 1. The van der Waals surface area contributed by atoms with Crippen molar-refractivity contribution in [1.82, 2.24) is 4.90 Å². The van der Waals surface area contributed by atoms with Crippen LogP contribution in [0.5, 0.6) is 0 Å². The Bertz CT molecular complexity index is 274. The molecule has 0 aromatic rings. The lowest BCUT2D eigenvalue weighted by atomic mass is 9.86. The van der Waals surface area contributed by atoms with Gasteiger partial charge >= 0.3 is 5.97 Å². The molecule has 0 unspecified atom stereocenters. The normalized spacial score (nSPS) is 16.5. The lowest BCUT2D eigenvalue weighted by Crippen LogP contribution is -2.36. The van der Waals surface area contributed by atoms with Gasteiger partial charge < -0.3 is 15.1 Å². The first-order valence-corrected chi connectivity index (χ1v) is 6.74. The van der Waals surface area contributed by atoms with Gasteiger partial charge in [-0.2, -0.15) is 0 Å². The summed E-state index contributed by atoms with van der Waals surface area (Å²) in [6.07, 6.45) is 6.26. The number of rotatable bonds is 7. The third-order valence-corrected chi connectivity index (χ3v) is 3.51. The van der Waals surface area contributed by atoms with Crippen LogP contribution in [0.3, 0.4) is 0 Å². The monoisotopic (exact) mass is 257 g/mol. The van der Waals surface area contributed by atoms with E-state index in [1.165, 1.54) is 24.2 Å². The first-order valence-electron chi connectivity index (χ1n) is 6.74. The maximum absolute atomic E-state index is 12.0. The summed E-state index contributed by atoms with van der Waals surface area (Å²) in [5.74, 6) is -0.488. The molecule has 0 atom stereocenters. The van der Waals surface area contributed by atoms with Gasteiger partial charge in [0.05, 0.1) is 13.0 Å². The molecule has 0 bridgehead atoms. The van der Waals surface area contributed by atoms with Crippen molar-refractivity contribution in [2.45, 2.75) is 44.9 Å². The maximum atomic E-state index is 12.0. The Morgan fingerprint density at radius 2 is 1.78 bits per heavy atom. The molecule has 0 heterocycles. The third kappa shape index (κ3) is 5.49. The van der Waals surface area contributed by atoms with Gasteiger partial charge in [0.2, 0.25) is 5.91 Å². The van der Waals surface area contributed by atoms with Gasteiger partial charge in [-0.15, -0.1) is 0 Å². The summed E-state index contributed by atoms with van der Waals surface area (Å²) >= 11 is 0. The highest BCUT2D eigenvalue weighted by Crippen LogP contribution is 2.26. The van der Waals surface area contributed by atoms with Gasteiger partial charge in [0.1, 0.15) is 0 Å². The molecular formula is C13H23NO4. The van der Waals surface area contributed by atoms with Gasteiger partial charge in [-0.1, -0.05) is 19.3 Å². The first kappa shape index (κ1) is 15.0. The van der Waals surface area contributed by atoms with Crippen LogP contribution >= 0.6 is 0 Å². The van der Waals surface area contributed by atoms with Crippen LogP contribution < -0.4 is 0 Å². The second-order valence-corrected chi connectivity index (χ2v) is 4.96. The number of aliphatic hydroxyl groups excluding tert-OH is 1. The van der Waals surface area contributed by atoms with Gasteiger partial charge in [0, 0.05) is 19.5 Å². The van der Waals surface area contributed by atoms with Crippen LogP contribution in [0.15, 0.2) is 0 Å². The number of aliphatic hydroxyl groups is 1. The van der Waals surface area contributed by atoms with E-state index in [4.69, 9.17) is 10.2 Å². The highest BCUT2D eigenvalue weighted by atomic mass is 16.4. The SMILES string of the molecule is O=C(O)CCN(CCO)C(=O)CC1CCCCC1. The molecule has 0 aromatic heterocycles. The van der Waals surface area contributed by atoms with E-state index in [1.807, 2.05) is 0 Å². The minimum atomic E-state index is -0.914. The fraction of sp³-hybridized carbons (Fsp3) is 0.846. The van der Waals surface area contributed by atoms with Crippen molar-refractivity contribution >= 4 is 11.9 Å². The Kier molecular flexibility index (Phi) is 6.72. The summed E-state index contributed by atoms with van der Waals surface area (Å²) in [6.45, 7) is 0.316. The lowest BCUT2D eigenvalue weighted by molar-refractivity contribution is -0.139. The summed E-state index contributed by atoms with van der Waals surface area (Å²) in [6, 6.07) is 0. The second kappa shape index (κ2) is 8.08. The number of hydrogen-bond donors (Lipinski definition) is 2. The molecule has 104 valence electrons. The standard InChI is InChI=1S/C13H23NO4/c15-9-8-14(7-6-13(17)18)12(16)10-11-4-2-1-3-5-11/h11,15H,1-10H2,(H,17,18). The Morgan fingerprint density at radius 3 is 2.33 bits per heavy atom. The molecule has 2 N–H and O–H groups in total. The fourth-order valence-electron chi connectivity index (χ4n) is 2.48. The topological polar surface area (TPSA) is 77.8 Å². The van der Waals surface area contributed by atoms with E-state index >= 15 is 0 Å². The first-order chi connectivity index (χ1) is 8.63. The summed E-state index contributed by atoms with van der Waals surface area (Å²) in [5, 5.41) is 17.5. The molecule has 0 saturated heterocycles. The molecule has 5 heteroatoms. The van der Waals surface area contributed by atoms with Gasteiger partial charge in [-0.25, -0.2) is 0 Å². The maximum Gasteiger partial charge on any atom is 0.305 e. The van der Waals surface area contributed by atoms with Gasteiger partial charge in [0.15, 0.2) is 0 Å². The van der Waals surface area contributed by atoms with E-state index in [9.17, 15) is 9.59 Å². The molecule has 1 amide bonds. The van der Waals surface area contributed by atoms with E-state index in [-0.39, 0.29) is 32.0 Å². The van der Waals surface area contributed by atoms with Crippen molar-refractivity contribution in [1.29, 1.82) is 0 Å². The largest absolute Gasteiger partial charge is 0.481 e.